The van der Waals surface area contributed by atoms with Crippen LogP contribution < -0.4 is 14.4 Å². The van der Waals surface area contributed by atoms with Gasteiger partial charge in [-0.1, -0.05) is 42.1 Å². The Kier molecular flexibility index (Phi) is 7.06. The zero-order valence-electron chi connectivity index (χ0n) is 23.3. The highest BCUT2D eigenvalue weighted by Gasteiger charge is 2.38. The molecule has 11 nitrogen and oxygen atoms in total. The van der Waals surface area contributed by atoms with Crippen LogP contribution in [0.4, 0.5) is 23.0 Å². The van der Waals surface area contributed by atoms with Gasteiger partial charge in [-0.05, 0) is 49.6 Å². The number of fused-ring (bicyclic) bond motifs is 4. The van der Waals surface area contributed by atoms with Crippen LogP contribution >= 0.6 is 11.8 Å². The minimum absolute atomic E-state index is 0.0206. The predicted octanol–water partition coefficient (Wildman–Crippen LogP) is 5.19. The summed E-state index contributed by atoms with van der Waals surface area (Å²) < 4.78 is 40.2. The van der Waals surface area contributed by atoms with Gasteiger partial charge in [0.25, 0.3) is 21.9 Å². The van der Waals surface area contributed by atoms with E-state index in [1.165, 1.54) is 15.7 Å². The Balaban J connectivity index is 1.07. The summed E-state index contributed by atoms with van der Waals surface area (Å²) in [6, 6.07) is 19.8. The van der Waals surface area contributed by atoms with Gasteiger partial charge in [-0.25, -0.2) is 8.42 Å². The summed E-state index contributed by atoms with van der Waals surface area (Å²) in [6.07, 6.45) is 4.31. The van der Waals surface area contributed by atoms with Gasteiger partial charge in [-0.3, -0.25) is 14.7 Å². The summed E-state index contributed by atoms with van der Waals surface area (Å²) in [5.74, 6) is 1.66. The molecule has 7 rings (SSSR count). The SMILES string of the molecule is COc1cc2c(cc1OCCCSc1nnc3n1S(=O)(=O)c1ccccc1N3c1ccccc1)N=C[C@@H]1CCCN1C2=O. The van der Waals surface area contributed by atoms with Crippen molar-refractivity contribution in [3.05, 3.63) is 72.3 Å². The number of ether oxygens (including phenoxy) is 2. The normalized spacial score (nSPS) is 18.0. The molecule has 43 heavy (non-hydrogen) atoms. The molecule has 0 spiro atoms. The molecule has 1 saturated heterocycles. The topological polar surface area (TPSA) is 119 Å². The number of hydrogen-bond donors (Lipinski definition) is 0. The highest BCUT2D eigenvalue weighted by molar-refractivity contribution is 8.00. The van der Waals surface area contributed by atoms with Gasteiger partial charge < -0.3 is 14.4 Å². The molecule has 0 unspecified atom stereocenters. The summed E-state index contributed by atoms with van der Waals surface area (Å²) in [5.41, 5.74) is 2.38. The van der Waals surface area contributed by atoms with Crippen LogP contribution in [0.25, 0.3) is 0 Å². The summed E-state index contributed by atoms with van der Waals surface area (Å²) in [7, 11) is -2.37. The van der Waals surface area contributed by atoms with E-state index in [9.17, 15) is 13.2 Å². The molecule has 13 heteroatoms. The molecule has 0 radical (unpaired) electrons. The zero-order valence-corrected chi connectivity index (χ0v) is 24.9. The van der Waals surface area contributed by atoms with E-state index >= 15 is 0 Å². The molecule has 0 aliphatic carbocycles. The summed E-state index contributed by atoms with van der Waals surface area (Å²) in [6.45, 7) is 1.06. The van der Waals surface area contributed by atoms with Crippen LogP contribution in [-0.2, 0) is 10.0 Å². The fraction of sp³-hybridized carbons (Fsp3) is 0.267. The molecule has 4 heterocycles. The zero-order chi connectivity index (χ0) is 29.6. The van der Waals surface area contributed by atoms with Crippen molar-refractivity contribution < 1.29 is 22.7 Å². The van der Waals surface area contributed by atoms with Crippen molar-refractivity contribution in [1.29, 1.82) is 0 Å². The number of anilines is 3. The Morgan fingerprint density at radius 3 is 2.67 bits per heavy atom. The largest absolute Gasteiger partial charge is 0.493 e. The minimum atomic E-state index is -3.91. The van der Waals surface area contributed by atoms with E-state index < -0.39 is 10.0 Å². The first-order valence-electron chi connectivity index (χ1n) is 14.0. The summed E-state index contributed by atoms with van der Waals surface area (Å²) in [4.78, 5) is 21.5. The maximum Gasteiger partial charge on any atom is 0.274 e. The second-order valence-corrected chi connectivity index (χ2v) is 13.1. The van der Waals surface area contributed by atoms with Crippen molar-refractivity contribution in [2.24, 2.45) is 4.99 Å². The lowest BCUT2D eigenvalue weighted by atomic mass is 10.1. The van der Waals surface area contributed by atoms with Gasteiger partial charge in [0.2, 0.25) is 5.16 Å². The van der Waals surface area contributed by atoms with E-state index in [0.29, 0.717) is 47.2 Å². The number of aromatic nitrogens is 3. The van der Waals surface area contributed by atoms with Gasteiger partial charge in [0.1, 0.15) is 4.90 Å². The molecule has 0 N–H and O–H groups in total. The number of benzene rings is 3. The van der Waals surface area contributed by atoms with Crippen LogP contribution in [0.15, 0.2) is 81.8 Å². The van der Waals surface area contributed by atoms with Crippen molar-refractivity contribution in [3.63, 3.8) is 0 Å². The Morgan fingerprint density at radius 1 is 1.02 bits per heavy atom. The van der Waals surface area contributed by atoms with E-state index in [2.05, 4.69) is 15.2 Å². The van der Waals surface area contributed by atoms with Crippen LogP contribution in [0.1, 0.15) is 29.6 Å². The second-order valence-electron chi connectivity index (χ2n) is 10.2. The number of carbonyl (C=O) groups is 1. The lowest BCUT2D eigenvalue weighted by Gasteiger charge is -2.30. The minimum Gasteiger partial charge on any atom is -0.493 e. The van der Waals surface area contributed by atoms with Crippen LogP contribution in [0.5, 0.6) is 11.5 Å². The van der Waals surface area contributed by atoms with E-state index in [-0.39, 0.29) is 27.9 Å². The maximum absolute atomic E-state index is 13.7. The van der Waals surface area contributed by atoms with Gasteiger partial charge in [0.05, 0.1) is 36.7 Å². The Morgan fingerprint density at radius 2 is 1.84 bits per heavy atom. The monoisotopic (exact) mass is 616 g/mol. The lowest BCUT2D eigenvalue weighted by molar-refractivity contribution is 0.0774. The lowest BCUT2D eigenvalue weighted by Crippen LogP contribution is -2.35. The number of rotatable bonds is 8. The summed E-state index contributed by atoms with van der Waals surface area (Å²) in [5, 5.41) is 8.85. The fourth-order valence-electron chi connectivity index (χ4n) is 5.61. The Hall–Kier alpha value is -4.36. The van der Waals surface area contributed by atoms with Crippen LogP contribution in [0.2, 0.25) is 0 Å². The highest BCUT2D eigenvalue weighted by Crippen LogP contribution is 2.44. The van der Waals surface area contributed by atoms with Gasteiger partial charge >= 0.3 is 0 Å². The van der Waals surface area contributed by atoms with Crippen LogP contribution in [-0.4, -0.2) is 71.7 Å². The molecule has 0 bridgehead atoms. The van der Waals surface area contributed by atoms with Crippen molar-refractivity contribution in [3.8, 4) is 11.5 Å². The molecular weight excluding hydrogens is 589 g/mol. The molecule has 1 amide bonds. The number of para-hydroxylation sites is 2. The molecular formula is C30H28N6O5S2. The third kappa shape index (κ3) is 4.72. The number of nitrogens with zero attached hydrogens (tertiary/aromatic N) is 6. The molecule has 4 aromatic rings. The van der Waals surface area contributed by atoms with E-state index in [4.69, 9.17) is 9.47 Å². The quantitative estimate of drug-likeness (QED) is 0.171. The molecule has 1 fully saturated rings. The van der Waals surface area contributed by atoms with Crippen molar-refractivity contribution in [1.82, 2.24) is 19.1 Å². The van der Waals surface area contributed by atoms with E-state index in [1.54, 1.807) is 48.4 Å². The number of aliphatic imine (C=N–C) groups is 1. The average Bonchev–Trinajstić information content (AvgIpc) is 3.65. The number of methoxy groups -OCH3 is 1. The van der Waals surface area contributed by atoms with E-state index in [1.807, 2.05) is 41.4 Å². The first kappa shape index (κ1) is 27.5. The van der Waals surface area contributed by atoms with Gasteiger partial charge in [0, 0.05) is 30.3 Å². The third-order valence-corrected chi connectivity index (χ3v) is 10.5. The predicted molar refractivity (Wildman–Crippen MR) is 163 cm³/mol. The molecule has 3 aliphatic heterocycles. The standard InChI is InChI=1S/C30H28N6O5S2/c1-40-25-17-22-23(31-19-21-11-7-14-34(21)28(22)37)18-26(25)41-15-8-16-42-30-33-32-29-35(20-9-3-2-4-10-20)24-12-5-6-13-27(24)43(38,39)36(29)30/h2-6,9-10,12-13,17-19,21H,7-8,11,14-16H2,1H3/t21-/m0/s1. The fourth-order valence-corrected chi connectivity index (χ4v) is 8.25. The first-order valence-corrected chi connectivity index (χ1v) is 16.4. The average molecular weight is 617 g/mol. The molecule has 220 valence electrons. The Labute approximate surface area is 253 Å². The van der Waals surface area contributed by atoms with Crippen LogP contribution in [0.3, 0.4) is 0 Å². The smallest absolute Gasteiger partial charge is 0.274 e. The third-order valence-electron chi connectivity index (χ3n) is 7.65. The highest BCUT2D eigenvalue weighted by atomic mass is 32.2. The Bertz CT molecular complexity index is 1840. The second kappa shape index (κ2) is 11.0. The van der Waals surface area contributed by atoms with Gasteiger partial charge in [0.15, 0.2) is 11.5 Å². The van der Waals surface area contributed by atoms with Crippen molar-refractivity contribution >= 4 is 56.9 Å². The molecule has 3 aromatic carbocycles. The molecule has 1 aromatic heterocycles. The summed E-state index contributed by atoms with van der Waals surface area (Å²) >= 11 is 1.29. The van der Waals surface area contributed by atoms with E-state index in [0.717, 1.165) is 25.1 Å². The van der Waals surface area contributed by atoms with Gasteiger partial charge in [-0.2, -0.15) is 3.97 Å². The number of amides is 1. The van der Waals surface area contributed by atoms with Crippen molar-refractivity contribution in [2.75, 3.05) is 30.9 Å². The molecule has 0 saturated carbocycles. The maximum atomic E-state index is 13.7. The molecule has 1 atom stereocenters. The number of carbonyl (C=O) groups excluding carboxylic acids is 1. The first-order chi connectivity index (χ1) is 21.0. The molecule has 3 aliphatic rings. The number of hydrogen-bond acceptors (Lipinski definition) is 10. The van der Waals surface area contributed by atoms with Crippen LogP contribution in [0, 0.1) is 0 Å². The van der Waals surface area contributed by atoms with Gasteiger partial charge in [-0.15, -0.1) is 10.2 Å². The number of thioether (sulfide) groups is 1. The van der Waals surface area contributed by atoms with Crippen molar-refractivity contribution in [2.45, 2.75) is 35.4 Å².